The van der Waals surface area contributed by atoms with E-state index in [0.29, 0.717) is 19.3 Å². The summed E-state index contributed by atoms with van der Waals surface area (Å²) in [5, 5.41) is 0. The Kier molecular flexibility index (Phi) is 52.4. The van der Waals surface area contributed by atoms with E-state index in [1.54, 1.807) is 0 Å². The monoisotopic (exact) mass is 933 g/mol. The molecule has 0 aliphatic rings. The van der Waals surface area contributed by atoms with E-state index in [2.05, 4.69) is 106 Å². The molecule has 0 N–H and O–H groups in total. The van der Waals surface area contributed by atoms with Crippen LogP contribution in [0.5, 0.6) is 0 Å². The highest BCUT2D eigenvalue weighted by molar-refractivity contribution is 5.71. The molecule has 6 heteroatoms. The van der Waals surface area contributed by atoms with Crippen molar-refractivity contribution in [1.29, 1.82) is 0 Å². The van der Waals surface area contributed by atoms with Crippen molar-refractivity contribution in [3.63, 3.8) is 0 Å². The van der Waals surface area contributed by atoms with Gasteiger partial charge in [-0.05, 0) is 103 Å². The Morgan fingerprint density at radius 3 is 1.00 bits per heavy atom. The van der Waals surface area contributed by atoms with E-state index < -0.39 is 6.10 Å². The average Bonchev–Trinajstić information content (AvgIpc) is 3.33. The van der Waals surface area contributed by atoms with E-state index in [0.717, 1.165) is 96.3 Å². The van der Waals surface area contributed by atoms with Gasteiger partial charge in [0.2, 0.25) is 0 Å². The normalized spacial score (nSPS) is 12.7. The van der Waals surface area contributed by atoms with Crippen LogP contribution in [0.4, 0.5) is 0 Å². The summed E-state index contributed by atoms with van der Waals surface area (Å²) in [6.45, 7) is 6.46. The Morgan fingerprint density at radius 2 is 0.627 bits per heavy atom. The third-order valence-electron chi connectivity index (χ3n) is 11.9. The minimum atomic E-state index is -0.790. The van der Waals surface area contributed by atoms with Crippen molar-refractivity contribution in [2.75, 3.05) is 13.2 Å². The zero-order valence-corrected chi connectivity index (χ0v) is 43.9. The molecule has 0 amide bonds. The number of allylic oxidation sites excluding steroid dienone is 14. The third kappa shape index (κ3) is 53.4. The molecule has 0 bridgehead atoms. The van der Waals surface area contributed by atoms with Gasteiger partial charge in [-0.25, -0.2) is 0 Å². The van der Waals surface area contributed by atoms with Gasteiger partial charge in [-0.15, -0.1) is 0 Å². The zero-order valence-electron chi connectivity index (χ0n) is 43.9. The Bertz CT molecular complexity index is 1300. The molecule has 0 aromatic heterocycles. The van der Waals surface area contributed by atoms with E-state index in [1.165, 1.54) is 128 Å². The van der Waals surface area contributed by atoms with Gasteiger partial charge in [0.1, 0.15) is 13.2 Å². The highest BCUT2D eigenvalue weighted by Gasteiger charge is 2.19. The molecule has 0 saturated carbocycles. The number of rotatable bonds is 50. The van der Waals surface area contributed by atoms with Crippen molar-refractivity contribution >= 4 is 17.9 Å². The fourth-order valence-electron chi connectivity index (χ4n) is 7.67. The van der Waals surface area contributed by atoms with Gasteiger partial charge in [-0.2, -0.15) is 0 Å². The maximum Gasteiger partial charge on any atom is 0.306 e. The van der Waals surface area contributed by atoms with E-state index in [4.69, 9.17) is 14.2 Å². The molecule has 0 aromatic rings. The number of unbranched alkanes of at least 4 members (excludes halogenated alkanes) is 27. The van der Waals surface area contributed by atoms with Crippen molar-refractivity contribution in [3.8, 4) is 0 Å². The molecule has 6 nitrogen and oxygen atoms in total. The van der Waals surface area contributed by atoms with Crippen LogP contribution in [-0.2, 0) is 28.6 Å². The van der Waals surface area contributed by atoms with Crippen molar-refractivity contribution < 1.29 is 28.6 Å². The van der Waals surface area contributed by atoms with Crippen LogP contribution >= 0.6 is 0 Å². The molecular weight excluding hydrogens is 829 g/mol. The maximum absolute atomic E-state index is 12.8. The fraction of sp³-hybridized carbons (Fsp3) is 0.721. The lowest BCUT2D eigenvalue weighted by molar-refractivity contribution is -0.167. The molecule has 384 valence electrons. The molecular formula is C61H104O6. The van der Waals surface area contributed by atoms with Crippen molar-refractivity contribution in [3.05, 3.63) is 85.1 Å². The maximum atomic E-state index is 12.8. The number of carbonyl (C=O) groups is 3. The highest BCUT2D eigenvalue weighted by Crippen LogP contribution is 2.15. The molecule has 0 aliphatic heterocycles. The van der Waals surface area contributed by atoms with Gasteiger partial charge in [0.05, 0.1) is 0 Å². The number of ether oxygens (including phenoxy) is 3. The van der Waals surface area contributed by atoms with Gasteiger partial charge in [-0.3, -0.25) is 14.4 Å². The van der Waals surface area contributed by atoms with Crippen LogP contribution in [-0.4, -0.2) is 37.2 Å². The first-order chi connectivity index (χ1) is 33.0. The Labute approximate surface area is 414 Å². The summed E-state index contributed by atoms with van der Waals surface area (Å²) in [6.07, 6.45) is 71.3. The molecule has 67 heavy (non-hydrogen) atoms. The fourth-order valence-corrected chi connectivity index (χ4v) is 7.67. The van der Waals surface area contributed by atoms with Gasteiger partial charge in [-0.1, -0.05) is 228 Å². The summed E-state index contributed by atoms with van der Waals surface area (Å²) in [6, 6.07) is 0. The van der Waals surface area contributed by atoms with Crippen molar-refractivity contribution in [2.24, 2.45) is 0 Å². The summed E-state index contributed by atoms with van der Waals surface area (Å²) in [7, 11) is 0. The van der Waals surface area contributed by atoms with Crippen LogP contribution in [0.25, 0.3) is 0 Å². The number of carbonyl (C=O) groups excluding carboxylic acids is 3. The zero-order chi connectivity index (χ0) is 48.6. The second-order valence-corrected chi connectivity index (χ2v) is 18.5. The number of hydrogen-bond acceptors (Lipinski definition) is 6. The first-order valence-corrected chi connectivity index (χ1v) is 28.1. The van der Waals surface area contributed by atoms with Gasteiger partial charge in [0.15, 0.2) is 6.10 Å². The lowest BCUT2D eigenvalue weighted by Gasteiger charge is -2.18. The molecule has 1 unspecified atom stereocenters. The summed E-state index contributed by atoms with van der Waals surface area (Å²) in [5.74, 6) is -0.912. The van der Waals surface area contributed by atoms with E-state index in [-0.39, 0.29) is 31.1 Å². The lowest BCUT2D eigenvalue weighted by Crippen LogP contribution is -2.30. The number of hydrogen-bond donors (Lipinski definition) is 0. The van der Waals surface area contributed by atoms with Crippen LogP contribution in [0.1, 0.15) is 265 Å². The molecule has 0 saturated heterocycles. The molecule has 0 heterocycles. The summed E-state index contributed by atoms with van der Waals surface area (Å²) in [4.78, 5) is 38.1. The molecule has 0 aliphatic carbocycles. The lowest BCUT2D eigenvalue weighted by atomic mass is 10.1. The van der Waals surface area contributed by atoms with Gasteiger partial charge in [0.25, 0.3) is 0 Å². The molecule has 1 atom stereocenters. The standard InChI is InChI=1S/C61H104O6/c1-4-7-10-13-16-19-22-25-28-29-30-31-34-36-39-42-45-48-51-54-60(63)66-57-58(67-61(64)55-52-49-46-43-40-37-33-27-24-21-18-15-12-9-6-3)56-65-59(62)53-50-47-44-41-38-35-32-26-23-20-17-14-11-8-5-2/h7,10,16-21,23-28,58H,4-6,8-9,11-15,22,29-57H2,1-3H3/b10-7-,19-16-,20-17-,21-18-,26-23-,27-24-,28-25-. The molecule has 0 radical (unpaired) electrons. The molecule has 0 rings (SSSR count). The Hall–Kier alpha value is -3.41. The van der Waals surface area contributed by atoms with Crippen LogP contribution in [0, 0.1) is 0 Å². The summed E-state index contributed by atoms with van der Waals surface area (Å²) >= 11 is 0. The Balaban J connectivity index is 4.41. The van der Waals surface area contributed by atoms with Crippen LogP contribution in [0.15, 0.2) is 85.1 Å². The predicted octanol–water partition coefficient (Wildman–Crippen LogP) is 18.8. The molecule has 0 fully saturated rings. The van der Waals surface area contributed by atoms with E-state index in [9.17, 15) is 14.4 Å². The average molecular weight is 933 g/mol. The van der Waals surface area contributed by atoms with Gasteiger partial charge < -0.3 is 14.2 Å². The largest absolute Gasteiger partial charge is 0.462 e. The van der Waals surface area contributed by atoms with Gasteiger partial charge in [0, 0.05) is 19.3 Å². The third-order valence-corrected chi connectivity index (χ3v) is 11.9. The van der Waals surface area contributed by atoms with Crippen LogP contribution in [0.3, 0.4) is 0 Å². The molecule has 0 spiro atoms. The van der Waals surface area contributed by atoms with Crippen molar-refractivity contribution in [2.45, 2.75) is 271 Å². The molecule has 0 aromatic carbocycles. The highest BCUT2D eigenvalue weighted by atomic mass is 16.6. The van der Waals surface area contributed by atoms with Crippen LogP contribution in [0.2, 0.25) is 0 Å². The van der Waals surface area contributed by atoms with Crippen molar-refractivity contribution in [1.82, 2.24) is 0 Å². The topological polar surface area (TPSA) is 78.9 Å². The first-order valence-electron chi connectivity index (χ1n) is 28.1. The first kappa shape index (κ1) is 63.6. The SMILES string of the molecule is CC/C=C\C/C=C\C/C=C\CCCCCCCCCCCC(=O)OCC(COC(=O)CCCCCCCC/C=C\C=C/CCCCC)OC(=O)CCCCCCCC/C=C\C=C/CCCCC. The summed E-state index contributed by atoms with van der Waals surface area (Å²) < 4.78 is 16.8. The smallest absolute Gasteiger partial charge is 0.306 e. The number of esters is 3. The van der Waals surface area contributed by atoms with E-state index in [1.807, 2.05) is 0 Å². The second-order valence-electron chi connectivity index (χ2n) is 18.5. The predicted molar refractivity (Wildman–Crippen MR) is 288 cm³/mol. The minimum Gasteiger partial charge on any atom is -0.462 e. The quantitative estimate of drug-likeness (QED) is 0.0199. The van der Waals surface area contributed by atoms with Gasteiger partial charge >= 0.3 is 17.9 Å². The minimum absolute atomic E-state index is 0.0881. The summed E-state index contributed by atoms with van der Waals surface area (Å²) in [5.41, 5.74) is 0. The Morgan fingerprint density at radius 1 is 0.328 bits per heavy atom. The second kappa shape index (κ2) is 55.2. The van der Waals surface area contributed by atoms with Crippen LogP contribution < -0.4 is 0 Å². The van der Waals surface area contributed by atoms with E-state index >= 15 is 0 Å².